The van der Waals surface area contributed by atoms with E-state index in [0.29, 0.717) is 16.1 Å². The SMILES string of the molecule is O=C(Nc1nc(-c2cc(F)ccc2F)cs1)c1ccc(NC(=O)c2cccs2)cc1. The highest BCUT2D eigenvalue weighted by Crippen LogP contribution is 2.28. The summed E-state index contributed by atoms with van der Waals surface area (Å²) in [6.45, 7) is 0. The second kappa shape index (κ2) is 8.52. The van der Waals surface area contributed by atoms with Gasteiger partial charge in [-0.15, -0.1) is 22.7 Å². The molecule has 0 saturated carbocycles. The van der Waals surface area contributed by atoms with Crippen molar-refractivity contribution in [3.05, 3.63) is 87.4 Å². The Labute approximate surface area is 178 Å². The summed E-state index contributed by atoms with van der Waals surface area (Å²) in [5.74, 6) is -1.80. The zero-order chi connectivity index (χ0) is 21.1. The number of hydrogen-bond acceptors (Lipinski definition) is 5. The van der Waals surface area contributed by atoms with E-state index in [1.54, 1.807) is 36.4 Å². The fourth-order valence-corrected chi connectivity index (χ4v) is 3.95. The van der Waals surface area contributed by atoms with Crippen molar-refractivity contribution in [2.45, 2.75) is 0 Å². The quantitative estimate of drug-likeness (QED) is 0.420. The number of thiazole rings is 1. The maximum atomic E-state index is 13.9. The Hall–Kier alpha value is -3.43. The Morgan fingerprint density at radius 3 is 2.43 bits per heavy atom. The standard InChI is InChI=1S/C21H13F2N3O2S2/c22-13-5-8-16(23)15(10-13)17-11-30-21(25-17)26-19(27)12-3-6-14(7-4-12)24-20(28)18-2-1-9-29-18/h1-11H,(H,24,28)(H,25,26,27). The molecule has 5 nitrogen and oxygen atoms in total. The second-order valence-corrected chi connectivity index (χ2v) is 7.93. The topological polar surface area (TPSA) is 71.1 Å². The van der Waals surface area contributed by atoms with Crippen LogP contribution in [0.15, 0.2) is 65.4 Å². The molecule has 2 aromatic carbocycles. The van der Waals surface area contributed by atoms with Crippen molar-refractivity contribution >= 4 is 45.3 Å². The molecule has 0 aliphatic rings. The predicted molar refractivity (Wildman–Crippen MR) is 114 cm³/mol. The number of aromatic nitrogens is 1. The average Bonchev–Trinajstić information content (AvgIpc) is 3.43. The van der Waals surface area contributed by atoms with Crippen molar-refractivity contribution in [1.82, 2.24) is 4.98 Å². The van der Waals surface area contributed by atoms with Gasteiger partial charge in [-0.05, 0) is 53.9 Å². The molecule has 0 atom stereocenters. The molecule has 2 heterocycles. The van der Waals surface area contributed by atoms with Crippen molar-refractivity contribution < 1.29 is 18.4 Å². The third-order valence-electron chi connectivity index (χ3n) is 4.08. The van der Waals surface area contributed by atoms with Crippen LogP contribution in [0.3, 0.4) is 0 Å². The molecule has 9 heteroatoms. The van der Waals surface area contributed by atoms with Crippen LogP contribution in [0.1, 0.15) is 20.0 Å². The van der Waals surface area contributed by atoms with E-state index >= 15 is 0 Å². The highest BCUT2D eigenvalue weighted by molar-refractivity contribution is 7.14. The smallest absolute Gasteiger partial charge is 0.265 e. The normalized spacial score (nSPS) is 10.6. The molecule has 0 fully saturated rings. The number of carbonyl (C=O) groups is 2. The summed E-state index contributed by atoms with van der Waals surface area (Å²) in [7, 11) is 0. The number of halogens is 2. The van der Waals surface area contributed by atoms with Gasteiger partial charge in [0.05, 0.1) is 10.6 Å². The van der Waals surface area contributed by atoms with Crippen molar-refractivity contribution in [2.75, 3.05) is 10.6 Å². The van der Waals surface area contributed by atoms with Crippen LogP contribution in [0.25, 0.3) is 11.3 Å². The monoisotopic (exact) mass is 441 g/mol. The molecule has 2 amide bonds. The lowest BCUT2D eigenvalue weighted by Gasteiger charge is -2.06. The Morgan fingerprint density at radius 2 is 1.70 bits per heavy atom. The Balaban J connectivity index is 1.42. The van der Waals surface area contributed by atoms with Gasteiger partial charge in [0.1, 0.15) is 11.6 Å². The lowest BCUT2D eigenvalue weighted by Crippen LogP contribution is -2.13. The Bertz CT molecular complexity index is 1210. The first-order valence-electron chi connectivity index (χ1n) is 8.67. The van der Waals surface area contributed by atoms with Gasteiger partial charge in [0.15, 0.2) is 5.13 Å². The summed E-state index contributed by atoms with van der Waals surface area (Å²) in [6, 6.07) is 13.0. The van der Waals surface area contributed by atoms with E-state index in [-0.39, 0.29) is 22.3 Å². The van der Waals surface area contributed by atoms with Crippen LogP contribution in [-0.4, -0.2) is 16.8 Å². The van der Waals surface area contributed by atoms with Crippen molar-refractivity contribution in [3.8, 4) is 11.3 Å². The van der Waals surface area contributed by atoms with Gasteiger partial charge in [-0.1, -0.05) is 6.07 Å². The van der Waals surface area contributed by atoms with E-state index in [1.807, 2.05) is 5.38 Å². The molecule has 0 bridgehead atoms. The van der Waals surface area contributed by atoms with E-state index in [2.05, 4.69) is 15.6 Å². The van der Waals surface area contributed by atoms with E-state index in [9.17, 15) is 18.4 Å². The lowest BCUT2D eigenvalue weighted by molar-refractivity contribution is 0.102. The average molecular weight is 441 g/mol. The number of nitrogens with one attached hydrogen (secondary N) is 2. The number of anilines is 2. The first-order valence-corrected chi connectivity index (χ1v) is 10.4. The first kappa shape index (κ1) is 19.9. The molecule has 0 unspecified atom stereocenters. The van der Waals surface area contributed by atoms with E-state index in [0.717, 1.165) is 29.5 Å². The van der Waals surface area contributed by atoms with Crippen LogP contribution in [0.4, 0.5) is 19.6 Å². The lowest BCUT2D eigenvalue weighted by atomic mass is 10.1. The Kier molecular flexibility index (Phi) is 5.64. The third kappa shape index (κ3) is 4.42. The van der Waals surface area contributed by atoms with Gasteiger partial charge in [-0.25, -0.2) is 13.8 Å². The molecule has 30 heavy (non-hydrogen) atoms. The Morgan fingerprint density at radius 1 is 0.900 bits per heavy atom. The summed E-state index contributed by atoms with van der Waals surface area (Å²) < 4.78 is 27.3. The van der Waals surface area contributed by atoms with Gasteiger partial charge in [0.25, 0.3) is 11.8 Å². The molecule has 0 radical (unpaired) electrons. The number of carbonyl (C=O) groups excluding carboxylic acids is 2. The number of nitrogens with zero attached hydrogens (tertiary/aromatic N) is 1. The first-order chi connectivity index (χ1) is 14.5. The van der Waals surface area contributed by atoms with Crippen LogP contribution in [0.2, 0.25) is 0 Å². The molecule has 0 spiro atoms. The second-order valence-electron chi connectivity index (χ2n) is 6.12. The van der Waals surface area contributed by atoms with Gasteiger partial charge < -0.3 is 5.32 Å². The van der Waals surface area contributed by atoms with Crippen molar-refractivity contribution in [2.24, 2.45) is 0 Å². The maximum Gasteiger partial charge on any atom is 0.265 e. The molecule has 0 aliphatic heterocycles. The van der Waals surface area contributed by atoms with Gasteiger partial charge in [-0.3, -0.25) is 14.9 Å². The number of benzene rings is 2. The number of hydrogen-bond donors (Lipinski definition) is 2. The zero-order valence-corrected chi connectivity index (χ0v) is 16.8. The minimum absolute atomic E-state index is 0.0255. The van der Waals surface area contributed by atoms with Crippen LogP contribution in [0, 0.1) is 11.6 Å². The van der Waals surface area contributed by atoms with E-state index in [1.165, 1.54) is 16.7 Å². The van der Waals surface area contributed by atoms with Gasteiger partial charge in [-0.2, -0.15) is 0 Å². The predicted octanol–water partition coefficient (Wildman–Crippen LogP) is 5.65. The van der Waals surface area contributed by atoms with Crippen LogP contribution >= 0.6 is 22.7 Å². The third-order valence-corrected chi connectivity index (χ3v) is 5.71. The van der Waals surface area contributed by atoms with Gasteiger partial charge in [0, 0.05) is 22.2 Å². The largest absolute Gasteiger partial charge is 0.321 e. The molecular formula is C21H13F2N3O2S2. The molecular weight excluding hydrogens is 428 g/mol. The molecule has 2 N–H and O–H groups in total. The van der Waals surface area contributed by atoms with Crippen molar-refractivity contribution in [1.29, 1.82) is 0 Å². The fraction of sp³-hybridized carbons (Fsp3) is 0. The maximum absolute atomic E-state index is 13.9. The van der Waals surface area contributed by atoms with E-state index < -0.39 is 17.5 Å². The van der Waals surface area contributed by atoms with Crippen LogP contribution in [-0.2, 0) is 0 Å². The van der Waals surface area contributed by atoms with Gasteiger partial charge in [0.2, 0.25) is 0 Å². The summed E-state index contributed by atoms with van der Waals surface area (Å²) in [6.07, 6.45) is 0. The van der Waals surface area contributed by atoms with Crippen molar-refractivity contribution in [3.63, 3.8) is 0 Å². The highest BCUT2D eigenvalue weighted by Gasteiger charge is 2.14. The molecule has 4 rings (SSSR count). The fourth-order valence-electron chi connectivity index (χ4n) is 2.62. The summed E-state index contributed by atoms with van der Waals surface area (Å²) in [5.41, 5.74) is 1.18. The number of rotatable bonds is 5. The minimum Gasteiger partial charge on any atom is -0.321 e. The summed E-state index contributed by atoms with van der Waals surface area (Å²) >= 11 is 2.44. The number of amides is 2. The minimum atomic E-state index is -0.597. The summed E-state index contributed by atoms with van der Waals surface area (Å²) in [4.78, 5) is 29.2. The highest BCUT2D eigenvalue weighted by atomic mass is 32.1. The van der Waals surface area contributed by atoms with Crippen LogP contribution in [0.5, 0.6) is 0 Å². The number of thiophene rings is 1. The molecule has 0 aliphatic carbocycles. The zero-order valence-electron chi connectivity index (χ0n) is 15.2. The molecule has 2 aromatic heterocycles. The van der Waals surface area contributed by atoms with Crippen LogP contribution < -0.4 is 10.6 Å². The molecule has 0 saturated heterocycles. The van der Waals surface area contributed by atoms with Gasteiger partial charge >= 0.3 is 0 Å². The summed E-state index contributed by atoms with van der Waals surface area (Å²) in [5, 5.41) is 9.00. The van der Waals surface area contributed by atoms with E-state index in [4.69, 9.17) is 0 Å². The molecule has 150 valence electrons. The molecule has 4 aromatic rings.